The van der Waals surface area contributed by atoms with E-state index in [-0.39, 0.29) is 5.12 Å². The van der Waals surface area contributed by atoms with Gasteiger partial charge in [-0.05, 0) is 0 Å². The minimum atomic E-state index is -0.170. The SMILES string of the molecule is O=C(S)C/C=C\Cl. The van der Waals surface area contributed by atoms with Crippen LogP contribution in [0.3, 0.4) is 0 Å². The minimum absolute atomic E-state index is 0.170. The Hall–Kier alpha value is 0.0500. The Labute approximate surface area is 52.8 Å². The summed E-state index contributed by atoms with van der Waals surface area (Å²) in [4.78, 5) is 9.96. The molecule has 0 heterocycles. The quantitative estimate of drug-likeness (QED) is 0.571. The van der Waals surface area contributed by atoms with Gasteiger partial charge in [-0.3, -0.25) is 4.79 Å². The summed E-state index contributed by atoms with van der Waals surface area (Å²) in [5.41, 5.74) is 1.30. The summed E-state index contributed by atoms with van der Waals surface area (Å²) >= 11 is 8.56. The Morgan fingerprint density at radius 3 is 2.57 bits per heavy atom. The third-order valence-corrected chi connectivity index (χ3v) is 0.742. The van der Waals surface area contributed by atoms with Crippen molar-refractivity contribution in [3.05, 3.63) is 11.6 Å². The molecule has 0 fully saturated rings. The van der Waals surface area contributed by atoms with Gasteiger partial charge >= 0.3 is 0 Å². The first-order chi connectivity index (χ1) is 3.27. The maximum atomic E-state index is 9.96. The molecule has 0 N–H and O–H groups in total. The largest absolute Gasteiger partial charge is 0.287 e. The predicted molar refractivity (Wildman–Crippen MR) is 33.6 cm³/mol. The van der Waals surface area contributed by atoms with Crippen molar-refractivity contribution in [2.75, 3.05) is 0 Å². The van der Waals surface area contributed by atoms with Gasteiger partial charge in [-0.15, -0.1) is 12.6 Å². The van der Waals surface area contributed by atoms with Crippen molar-refractivity contribution >= 4 is 29.3 Å². The van der Waals surface area contributed by atoms with Gasteiger partial charge in [-0.1, -0.05) is 17.7 Å². The van der Waals surface area contributed by atoms with E-state index >= 15 is 0 Å². The Morgan fingerprint density at radius 1 is 1.86 bits per heavy atom. The standard InChI is InChI=1S/C4H5ClOS/c5-3-1-2-4(6)7/h1,3H,2H2,(H,6,7)/b3-1-. The fourth-order valence-corrected chi connectivity index (χ4v) is 0.340. The summed E-state index contributed by atoms with van der Waals surface area (Å²) in [6.07, 6.45) is 1.85. The Bertz CT molecular complexity index is 89.7. The Morgan fingerprint density at radius 2 is 2.43 bits per heavy atom. The topological polar surface area (TPSA) is 17.1 Å². The Balaban J connectivity index is 3.14. The van der Waals surface area contributed by atoms with Gasteiger partial charge in [0.05, 0.1) is 0 Å². The molecule has 0 saturated heterocycles. The first-order valence-corrected chi connectivity index (χ1v) is 2.62. The average molecular weight is 137 g/mol. The summed E-state index contributed by atoms with van der Waals surface area (Å²) in [6.45, 7) is 0. The van der Waals surface area contributed by atoms with Crippen molar-refractivity contribution in [2.45, 2.75) is 6.42 Å². The first kappa shape index (κ1) is 7.05. The summed E-state index contributed by atoms with van der Waals surface area (Å²) in [7, 11) is 0. The first-order valence-electron chi connectivity index (χ1n) is 1.74. The van der Waals surface area contributed by atoms with Gasteiger partial charge in [0, 0.05) is 12.0 Å². The number of thiol groups is 1. The molecule has 0 radical (unpaired) electrons. The highest BCUT2D eigenvalue weighted by atomic mass is 35.5. The van der Waals surface area contributed by atoms with E-state index in [4.69, 9.17) is 11.6 Å². The van der Waals surface area contributed by atoms with Crippen molar-refractivity contribution < 1.29 is 4.79 Å². The number of hydrogen-bond donors (Lipinski definition) is 1. The Kier molecular flexibility index (Phi) is 4.25. The van der Waals surface area contributed by atoms with Gasteiger partial charge in [0.25, 0.3) is 0 Å². The molecule has 0 aliphatic carbocycles. The van der Waals surface area contributed by atoms with E-state index in [9.17, 15) is 4.79 Å². The molecule has 0 spiro atoms. The van der Waals surface area contributed by atoms with Crippen LogP contribution in [-0.2, 0) is 4.79 Å². The molecular formula is C4H5ClOS. The lowest BCUT2D eigenvalue weighted by molar-refractivity contribution is -0.110. The lowest BCUT2D eigenvalue weighted by atomic mass is 10.5. The lowest BCUT2D eigenvalue weighted by Crippen LogP contribution is -1.77. The van der Waals surface area contributed by atoms with Crippen molar-refractivity contribution in [1.82, 2.24) is 0 Å². The zero-order valence-electron chi connectivity index (χ0n) is 3.60. The second kappa shape index (κ2) is 4.22. The fourth-order valence-electron chi connectivity index (χ4n) is 0.145. The number of allylic oxidation sites excluding steroid dienone is 1. The zero-order valence-corrected chi connectivity index (χ0v) is 5.25. The molecule has 0 aliphatic heterocycles. The van der Waals surface area contributed by atoms with Crippen LogP contribution in [-0.4, -0.2) is 5.12 Å². The summed E-state index contributed by atoms with van der Waals surface area (Å²) in [5.74, 6) is 0. The molecule has 0 rings (SSSR count). The molecule has 1 nitrogen and oxygen atoms in total. The highest BCUT2D eigenvalue weighted by Gasteiger charge is 1.83. The van der Waals surface area contributed by atoms with E-state index in [1.807, 2.05) is 0 Å². The summed E-state index contributed by atoms with van der Waals surface area (Å²) in [5, 5.41) is -0.170. The van der Waals surface area contributed by atoms with Crippen molar-refractivity contribution in [3.63, 3.8) is 0 Å². The molecule has 0 unspecified atom stereocenters. The van der Waals surface area contributed by atoms with Gasteiger partial charge in [-0.2, -0.15) is 0 Å². The molecule has 0 amide bonds. The maximum Gasteiger partial charge on any atom is 0.189 e. The van der Waals surface area contributed by atoms with E-state index in [0.717, 1.165) is 0 Å². The molecule has 7 heavy (non-hydrogen) atoms. The minimum Gasteiger partial charge on any atom is -0.287 e. The summed E-state index contributed by atoms with van der Waals surface area (Å²) in [6, 6.07) is 0. The normalized spacial score (nSPS) is 10.0. The van der Waals surface area contributed by atoms with Crippen LogP contribution in [0.2, 0.25) is 0 Å². The van der Waals surface area contributed by atoms with Crippen molar-refractivity contribution in [2.24, 2.45) is 0 Å². The van der Waals surface area contributed by atoms with Crippen LogP contribution in [0.5, 0.6) is 0 Å². The highest BCUT2D eigenvalue weighted by Crippen LogP contribution is 1.89. The second-order valence-electron chi connectivity index (χ2n) is 0.960. The van der Waals surface area contributed by atoms with E-state index < -0.39 is 0 Å². The van der Waals surface area contributed by atoms with Crippen LogP contribution in [0.25, 0.3) is 0 Å². The fraction of sp³-hybridized carbons (Fsp3) is 0.250. The molecule has 0 saturated carbocycles. The van der Waals surface area contributed by atoms with Gasteiger partial charge in [-0.25, -0.2) is 0 Å². The molecule has 0 bridgehead atoms. The van der Waals surface area contributed by atoms with Gasteiger partial charge in [0.15, 0.2) is 5.12 Å². The third kappa shape index (κ3) is 6.05. The van der Waals surface area contributed by atoms with Gasteiger partial charge < -0.3 is 0 Å². The van der Waals surface area contributed by atoms with E-state index in [1.54, 1.807) is 0 Å². The highest BCUT2D eigenvalue weighted by molar-refractivity contribution is 7.96. The van der Waals surface area contributed by atoms with E-state index in [1.165, 1.54) is 11.6 Å². The predicted octanol–water partition coefficient (Wildman–Crippen LogP) is 1.59. The van der Waals surface area contributed by atoms with Gasteiger partial charge in [0.2, 0.25) is 0 Å². The van der Waals surface area contributed by atoms with E-state index in [0.29, 0.717) is 6.42 Å². The van der Waals surface area contributed by atoms with Crippen LogP contribution in [0.4, 0.5) is 0 Å². The molecule has 40 valence electrons. The average Bonchev–Trinajstić information content (AvgIpc) is 1.61. The molecule has 0 aromatic carbocycles. The zero-order chi connectivity index (χ0) is 5.70. The number of halogens is 1. The maximum absolute atomic E-state index is 9.96. The van der Waals surface area contributed by atoms with Crippen LogP contribution < -0.4 is 0 Å². The number of carbonyl (C=O) groups is 1. The molecule has 3 heteroatoms. The van der Waals surface area contributed by atoms with Crippen LogP contribution in [0.1, 0.15) is 6.42 Å². The second-order valence-corrected chi connectivity index (χ2v) is 1.71. The van der Waals surface area contributed by atoms with Crippen molar-refractivity contribution in [3.8, 4) is 0 Å². The summed E-state index contributed by atoms with van der Waals surface area (Å²) < 4.78 is 0. The molecule has 0 aromatic rings. The smallest absolute Gasteiger partial charge is 0.189 e. The van der Waals surface area contributed by atoms with Crippen LogP contribution in [0.15, 0.2) is 11.6 Å². The van der Waals surface area contributed by atoms with Gasteiger partial charge in [0.1, 0.15) is 0 Å². The van der Waals surface area contributed by atoms with Crippen molar-refractivity contribution in [1.29, 1.82) is 0 Å². The lowest BCUT2D eigenvalue weighted by Gasteiger charge is -1.76. The molecule has 0 aliphatic rings. The van der Waals surface area contributed by atoms with E-state index in [2.05, 4.69) is 12.6 Å². The van der Waals surface area contributed by atoms with Crippen LogP contribution >= 0.6 is 24.2 Å². The number of carbonyl (C=O) groups excluding carboxylic acids is 1. The third-order valence-electron chi connectivity index (χ3n) is 0.382. The molecule has 0 aromatic heterocycles. The molecule has 0 atom stereocenters. The number of hydrogen-bond acceptors (Lipinski definition) is 1. The number of rotatable bonds is 2. The monoisotopic (exact) mass is 136 g/mol. The molecular weight excluding hydrogens is 132 g/mol. The van der Waals surface area contributed by atoms with Crippen LogP contribution in [0, 0.1) is 0 Å².